The van der Waals surface area contributed by atoms with E-state index in [0.29, 0.717) is 25.1 Å². The van der Waals surface area contributed by atoms with Crippen LogP contribution in [0.4, 0.5) is 0 Å². The zero-order valence-corrected chi connectivity index (χ0v) is 12.4. The molecule has 2 saturated heterocycles. The van der Waals surface area contributed by atoms with Gasteiger partial charge in [0.2, 0.25) is 5.91 Å². The van der Waals surface area contributed by atoms with Crippen molar-refractivity contribution in [3.8, 4) is 6.07 Å². The molecule has 3 rings (SSSR count). The van der Waals surface area contributed by atoms with Gasteiger partial charge in [0.15, 0.2) is 0 Å². The first-order chi connectivity index (χ1) is 10.7. The third kappa shape index (κ3) is 2.57. The van der Waals surface area contributed by atoms with Crippen molar-refractivity contribution in [2.24, 2.45) is 0 Å². The molecule has 0 saturated carbocycles. The first-order valence-electron chi connectivity index (χ1n) is 7.78. The monoisotopic (exact) mass is 297 g/mol. The summed E-state index contributed by atoms with van der Waals surface area (Å²) in [6.45, 7) is 1.23. The van der Waals surface area contributed by atoms with Gasteiger partial charge in [0, 0.05) is 18.7 Å². The predicted molar refractivity (Wildman–Crippen MR) is 80.8 cm³/mol. The Morgan fingerprint density at radius 1 is 1.05 bits per heavy atom. The van der Waals surface area contributed by atoms with Crippen molar-refractivity contribution in [2.45, 2.75) is 37.8 Å². The van der Waals surface area contributed by atoms with Gasteiger partial charge < -0.3 is 9.80 Å². The predicted octanol–water partition coefficient (Wildman–Crippen LogP) is 1.81. The topological polar surface area (TPSA) is 64.4 Å². The van der Waals surface area contributed by atoms with Gasteiger partial charge in [0.25, 0.3) is 5.91 Å². The molecule has 0 spiro atoms. The van der Waals surface area contributed by atoms with E-state index >= 15 is 0 Å². The van der Waals surface area contributed by atoms with Crippen LogP contribution in [0.25, 0.3) is 0 Å². The minimum absolute atomic E-state index is 0.0640. The van der Waals surface area contributed by atoms with Gasteiger partial charge in [-0.25, -0.2) is 0 Å². The van der Waals surface area contributed by atoms with E-state index in [4.69, 9.17) is 5.26 Å². The molecule has 0 bridgehead atoms. The van der Waals surface area contributed by atoms with Crippen LogP contribution in [0, 0.1) is 11.3 Å². The van der Waals surface area contributed by atoms with Crippen molar-refractivity contribution in [3.63, 3.8) is 0 Å². The molecule has 1 aromatic rings. The SMILES string of the molecule is N#C[C@@H]1CCCN1C(=O)[C@@H]1CCCN1C(=O)c1ccccc1. The number of benzene rings is 1. The molecule has 1 aromatic carbocycles. The van der Waals surface area contributed by atoms with Crippen LogP contribution in [0.3, 0.4) is 0 Å². The third-order valence-electron chi connectivity index (χ3n) is 4.50. The molecule has 2 atom stereocenters. The number of likely N-dealkylation sites (tertiary alicyclic amines) is 2. The zero-order valence-electron chi connectivity index (χ0n) is 12.4. The number of carbonyl (C=O) groups is 2. The summed E-state index contributed by atoms with van der Waals surface area (Å²) in [6.07, 6.45) is 3.12. The Balaban J connectivity index is 1.77. The van der Waals surface area contributed by atoms with Crippen LogP contribution in [0.15, 0.2) is 30.3 Å². The molecule has 2 heterocycles. The quantitative estimate of drug-likeness (QED) is 0.836. The second-order valence-electron chi connectivity index (χ2n) is 5.84. The Kier molecular flexibility index (Phi) is 4.10. The van der Waals surface area contributed by atoms with Gasteiger partial charge in [-0.1, -0.05) is 18.2 Å². The molecule has 0 aliphatic carbocycles. The molecule has 2 aliphatic rings. The number of amides is 2. The van der Waals surface area contributed by atoms with Crippen molar-refractivity contribution < 1.29 is 9.59 Å². The highest BCUT2D eigenvalue weighted by molar-refractivity contribution is 5.98. The van der Waals surface area contributed by atoms with Crippen molar-refractivity contribution in [1.29, 1.82) is 5.26 Å². The van der Waals surface area contributed by atoms with Gasteiger partial charge in [-0.05, 0) is 37.8 Å². The molecule has 2 aliphatic heterocycles. The Hall–Kier alpha value is -2.35. The highest BCUT2D eigenvalue weighted by Gasteiger charge is 2.40. The molecule has 0 unspecified atom stereocenters. The summed E-state index contributed by atoms with van der Waals surface area (Å²) in [7, 11) is 0. The van der Waals surface area contributed by atoms with E-state index in [1.807, 2.05) is 18.2 Å². The molecular weight excluding hydrogens is 278 g/mol. The van der Waals surface area contributed by atoms with Gasteiger partial charge in [0.1, 0.15) is 12.1 Å². The maximum atomic E-state index is 12.7. The van der Waals surface area contributed by atoms with E-state index in [0.717, 1.165) is 19.3 Å². The van der Waals surface area contributed by atoms with Gasteiger partial charge in [0.05, 0.1) is 6.07 Å². The van der Waals surface area contributed by atoms with Crippen LogP contribution in [0.5, 0.6) is 0 Å². The number of carbonyl (C=O) groups excluding carboxylic acids is 2. The number of hydrogen-bond donors (Lipinski definition) is 0. The van der Waals surface area contributed by atoms with Gasteiger partial charge >= 0.3 is 0 Å². The summed E-state index contributed by atoms with van der Waals surface area (Å²) in [5.41, 5.74) is 0.612. The Labute approximate surface area is 130 Å². The smallest absolute Gasteiger partial charge is 0.254 e. The van der Waals surface area contributed by atoms with Gasteiger partial charge in [-0.15, -0.1) is 0 Å². The fraction of sp³-hybridized carbons (Fsp3) is 0.471. The van der Waals surface area contributed by atoms with Crippen molar-refractivity contribution in [2.75, 3.05) is 13.1 Å². The lowest BCUT2D eigenvalue weighted by Crippen LogP contribution is -2.49. The second-order valence-corrected chi connectivity index (χ2v) is 5.84. The maximum absolute atomic E-state index is 12.7. The molecular formula is C17H19N3O2. The highest BCUT2D eigenvalue weighted by Crippen LogP contribution is 2.25. The summed E-state index contributed by atoms with van der Waals surface area (Å²) in [4.78, 5) is 28.7. The van der Waals surface area contributed by atoms with E-state index in [9.17, 15) is 9.59 Å². The zero-order chi connectivity index (χ0) is 15.5. The molecule has 2 fully saturated rings. The molecule has 5 nitrogen and oxygen atoms in total. The third-order valence-corrected chi connectivity index (χ3v) is 4.50. The normalized spacial score (nSPS) is 24.3. The Morgan fingerprint density at radius 3 is 2.45 bits per heavy atom. The standard InChI is InChI=1S/C17H19N3O2/c18-12-14-8-4-10-19(14)17(22)15-9-5-11-20(15)16(21)13-6-2-1-3-7-13/h1-3,6-7,14-15H,4-5,8-11H2/t14-,15-/m0/s1. The highest BCUT2D eigenvalue weighted by atomic mass is 16.2. The molecule has 114 valence electrons. The van der Waals surface area contributed by atoms with E-state index in [1.54, 1.807) is 21.9 Å². The molecule has 0 N–H and O–H groups in total. The first kappa shape index (κ1) is 14.6. The summed E-state index contributed by atoms with van der Waals surface area (Å²) in [5.74, 6) is -0.157. The lowest BCUT2D eigenvalue weighted by atomic mass is 10.1. The van der Waals surface area contributed by atoms with E-state index < -0.39 is 6.04 Å². The van der Waals surface area contributed by atoms with E-state index in [1.165, 1.54) is 0 Å². The van der Waals surface area contributed by atoms with Gasteiger partial charge in [-0.3, -0.25) is 9.59 Å². The van der Waals surface area contributed by atoms with Crippen molar-refractivity contribution in [1.82, 2.24) is 9.80 Å². The number of hydrogen-bond acceptors (Lipinski definition) is 3. The number of nitriles is 1. The van der Waals surface area contributed by atoms with Crippen LogP contribution in [0.2, 0.25) is 0 Å². The van der Waals surface area contributed by atoms with E-state index in [2.05, 4.69) is 6.07 Å². The first-order valence-corrected chi connectivity index (χ1v) is 7.78. The fourth-order valence-electron chi connectivity index (χ4n) is 3.37. The van der Waals surface area contributed by atoms with Crippen LogP contribution >= 0.6 is 0 Å². The number of nitrogens with zero attached hydrogens (tertiary/aromatic N) is 3. The summed E-state index contributed by atoms with van der Waals surface area (Å²) >= 11 is 0. The van der Waals surface area contributed by atoms with Gasteiger partial charge in [-0.2, -0.15) is 5.26 Å². The number of rotatable bonds is 2. The molecule has 5 heteroatoms. The lowest BCUT2D eigenvalue weighted by molar-refractivity contribution is -0.135. The second kappa shape index (κ2) is 6.18. The minimum atomic E-state index is -0.415. The van der Waals surface area contributed by atoms with Crippen molar-refractivity contribution in [3.05, 3.63) is 35.9 Å². The minimum Gasteiger partial charge on any atom is -0.327 e. The lowest BCUT2D eigenvalue weighted by Gasteiger charge is -2.29. The summed E-state index contributed by atoms with van der Waals surface area (Å²) in [6, 6.07) is 10.5. The molecule has 2 amide bonds. The van der Waals surface area contributed by atoms with Crippen LogP contribution < -0.4 is 0 Å². The summed E-state index contributed by atoms with van der Waals surface area (Å²) < 4.78 is 0. The molecule has 0 radical (unpaired) electrons. The van der Waals surface area contributed by atoms with Crippen molar-refractivity contribution >= 4 is 11.8 Å². The average Bonchev–Trinajstić information content (AvgIpc) is 3.23. The molecule has 0 aromatic heterocycles. The van der Waals surface area contributed by atoms with E-state index in [-0.39, 0.29) is 17.9 Å². The maximum Gasteiger partial charge on any atom is 0.254 e. The largest absolute Gasteiger partial charge is 0.327 e. The Bertz CT molecular complexity index is 608. The van der Waals surface area contributed by atoms with Crippen LogP contribution in [-0.4, -0.2) is 46.8 Å². The van der Waals surface area contributed by atoms with Crippen LogP contribution in [-0.2, 0) is 4.79 Å². The van der Waals surface area contributed by atoms with Crippen LogP contribution in [0.1, 0.15) is 36.0 Å². The summed E-state index contributed by atoms with van der Waals surface area (Å²) in [5, 5.41) is 9.16. The molecule has 22 heavy (non-hydrogen) atoms. The Morgan fingerprint density at radius 2 is 1.73 bits per heavy atom. The average molecular weight is 297 g/mol. The fourth-order valence-corrected chi connectivity index (χ4v) is 3.37.